The Balaban J connectivity index is 1.67. The van der Waals surface area contributed by atoms with Gasteiger partial charge in [0.1, 0.15) is 0 Å². The molecule has 102 valence electrons. The molecule has 0 saturated carbocycles. The zero-order chi connectivity index (χ0) is 14.1. The molecule has 0 nitrogen and oxygen atoms in total. The summed E-state index contributed by atoms with van der Waals surface area (Å²) in [4.78, 5) is 6.74. The van der Waals surface area contributed by atoms with Crippen molar-refractivity contribution < 1.29 is 0 Å². The fraction of sp³-hybridized carbons (Fsp3) is 0. The largest absolute Gasteiger partial charge is 0.143 e. The highest BCUT2D eigenvalue weighted by atomic mass is 32.1. The van der Waals surface area contributed by atoms with Crippen LogP contribution in [0.15, 0.2) is 72.1 Å². The Kier molecular flexibility index (Phi) is 3.47. The van der Waals surface area contributed by atoms with Gasteiger partial charge in [0.05, 0.1) is 0 Å². The second-order valence-electron chi connectivity index (χ2n) is 4.67. The molecule has 1 aromatic carbocycles. The van der Waals surface area contributed by atoms with Crippen LogP contribution in [-0.4, -0.2) is 0 Å². The molecule has 4 rings (SSSR count). The summed E-state index contributed by atoms with van der Waals surface area (Å²) in [5.74, 6) is 0. The molecule has 0 aliphatic heterocycles. The lowest BCUT2D eigenvalue weighted by atomic mass is 10.2. The topological polar surface area (TPSA) is 0 Å². The second-order valence-corrected chi connectivity index (χ2v) is 7.79. The summed E-state index contributed by atoms with van der Waals surface area (Å²) in [5, 5.41) is 2.13. The minimum atomic E-state index is 1.30. The number of rotatable bonds is 3. The van der Waals surface area contributed by atoms with Crippen molar-refractivity contribution in [2.24, 2.45) is 0 Å². The number of benzene rings is 1. The molecule has 0 radical (unpaired) electrons. The molecule has 3 heteroatoms. The maximum absolute atomic E-state index is 2.24. The number of hydrogen-bond donors (Lipinski definition) is 0. The van der Waals surface area contributed by atoms with Gasteiger partial charge in [0.25, 0.3) is 0 Å². The Morgan fingerprint density at radius 3 is 1.76 bits per heavy atom. The standard InChI is InChI=1S/C18H12S3/c1-2-5-13(6-3-1)14-8-9-17(20-14)18-11-10-16(21-18)15-7-4-12-19-15/h1-12H. The van der Waals surface area contributed by atoms with E-state index in [1.807, 2.05) is 22.7 Å². The molecule has 3 heterocycles. The maximum Gasteiger partial charge on any atom is 0.0449 e. The van der Waals surface area contributed by atoms with E-state index in [2.05, 4.69) is 72.1 Å². The van der Waals surface area contributed by atoms with E-state index >= 15 is 0 Å². The molecular weight excluding hydrogens is 312 g/mol. The van der Waals surface area contributed by atoms with Crippen molar-refractivity contribution >= 4 is 34.0 Å². The number of thiophene rings is 3. The summed E-state index contributed by atoms with van der Waals surface area (Å²) in [6.45, 7) is 0. The van der Waals surface area contributed by atoms with Gasteiger partial charge in [-0.05, 0) is 41.3 Å². The molecule has 0 fully saturated rings. The average Bonchev–Trinajstić information content (AvgIpc) is 3.27. The van der Waals surface area contributed by atoms with Gasteiger partial charge >= 0.3 is 0 Å². The van der Waals surface area contributed by atoms with Crippen LogP contribution >= 0.6 is 34.0 Å². The first-order valence-corrected chi connectivity index (χ1v) is 9.21. The van der Waals surface area contributed by atoms with Crippen molar-refractivity contribution in [3.63, 3.8) is 0 Å². The summed E-state index contributed by atoms with van der Waals surface area (Å²) in [6, 6.07) is 23.8. The molecule has 0 spiro atoms. The minimum absolute atomic E-state index is 1.30. The van der Waals surface area contributed by atoms with Crippen LogP contribution in [-0.2, 0) is 0 Å². The van der Waals surface area contributed by atoms with Crippen LogP contribution in [0, 0.1) is 0 Å². The highest BCUT2D eigenvalue weighted by Gasteiger charge is 2.09. The van der Waals surface area contributed by atoms with Gasteiger partial charge in [0, 0.05) is 24.4 Å². The fourth-order valence-electron chi connectivity index (χ4n) is 2.25. The Morgan fingerprint density at radius 2 is 1.10 bits per heavy atom. The zero-order valence-electron chi connectivity index (χ0n) is 11.2. The van der Waals surface area contributed by atoms with E-state index in [-0.39, 0.29) is 0 Å². The molecular formula is C18H12S3. The molecule has 3 aromatic heterocycles. The smallest absolute Gasteiger partial charge is 0.0449 e. The normalized spacial score (nSPS) is 10.9. The van der Waals surface area contributed by atoms with Crippen LogP contribution in [0.3, 0.4) is 0 Å². The molecule has 0 aliphatic carbocycles. The lowest BCUT2D eigenvalue weighted by Crippen LogP contribution is -1.67. The van der Waals surface area contributed by atoms with Crippen molar-refractivity contribution in [3.8, 4) is 29.9 Å². The van der Waals surface area contributed by atoms with Crippen LogP contribution in [0.25, 0.3) is 29.9 Å². The Hall–Kier alpha value is -1.68. The monoisotopic (exact) mass is 324 g/mol. The molecule has 0 atom stereocenters. The first-order valence-electron chi connectivity index (χ1n) is 6.69. The summed E-state index contributed by atoms with van der Waals surface area (Å²) < 4.78 is 0. The van der Waals surface area contributed by atoms with Crippen molar-refractivity contribution in [1.29, 1.82) is 0 Å². The summed E-state index contributed by atoms with van der Waals surface area (Å²) in [6.07, 6.45) is 0. The molecule has 0 unspecified atom stereocenters. The van der Waals surface area contributed by atoms with E-state index in [1.54, 1.807) is 11.3 Å². The molecule has 0 bridgehead atoms. The molecule has 0 N–H and O–H groups in total. The van der Waals surface area contributed by atoms with Gasteiger partial charge in [-0.3, -0.25) is 0 Å². The van der Waals surface area contributed by atoms with Crippen LogP contribution < -0.4 is 0 Å². The Labute approximate surface area is 136 Å². The minimum Gasteiger partial charge on any atom is -0.143 e. The Bertz CT molecular complexity index is 836. The molecule has 0 aliphatic rings. The van der Waals surface area contributed by atoms with Gasteiger partial charge in [-0.25, -0.2) is 0 Å². The fourth-order valence-corrected chi connectivity index (χ4v) is 5.19. The molecule has 0 amide bonds. The maximum atomic E-state index is 2.24. The highest BCUT2D eigenvalue weighted by molar-refractivity contribution is 7.27. The van der Waals surface area contributed by atoms with E-state index < -0.39 is 0 Å². The van der Waals surface area contributed by atoms with Crippen LogP contribution in [0.4, 0.5) is 0 Å². The van der Waals surface area contributed by atoms with Gasteiger partial charge in [-0.1, -0.05) is 36.4 Å². The van der Waals surface area contributed by atoms with Crippen LogP contribution in [0.2, 0.25) is 0 Å². The van der Waals surface area contributed by atoms with Gasteiger partial charge in [-0.15, -0.1) is 34.0 Å². The van der Waals surface area contributed by atoms with Crippen molar-refractivity contribution in [1.82, 2.24) is 0 Å². The van der Waals surface area contributed by atoms with E-state index in [0.29, 0.717) is 0 Å². The van der Waals surface area contributed by atoms with E-state index in [9.17, 15) is 0 Å². The molecule has 21 heavy (non-hydrogen) atoms. The van der Waals surface area contributed by atoms with Gasteiger partial charge in [0.15, 0.2) is 0 Å². The van der Waals surface area contributed by atoms with Crippen molar-refractivity contribution in [3.05, 3.63) is 72.1 Å². The van der Waals surface area contributed by atoms with E-state index in [4.69, 9.17) is 0 Å². The SMILES string of the molecule is c1ccc(-c2ccc(-c3ccc(-c4cccs4)s3)s2)cc1. The van der Waals surface area contributed by atoms with Crippen LogP contribution in [0.5, 0.6) is 0 Å². The van der Waals surface area contributed by atoms with Crippen molar-refractivity contribution in [2.45, 2.75) is 0 Å². The van der Waals surface area contributed by atoms with Gasteiger partial charge < -0.3 is 0 Å². The summed E-state index contributed by atoms with van der Waals surface area (Å²) >= 11 is 5.54. The predicted octanol–water partition coefficient (Wildman–Crippen LogP) is 6.87. The quantitative estimate of drug-likeness (QED) is 0.385. The first kappa shape index (κ1) is 13.0. The second kappa shape index (κ2) is 5.60. The summed E-state index contributed by atoms with van der Waals surface area (Å²) in [7, 11) is 0. The third-order valence-corrected chi connectivity index (χ3v) is 6.76. The third-order valence-electron chi connectivity index (χ3n) is 3.28. The lowest BCUT2D eigenvalue weighted by Gasteiger charge is -1.95. The van der Waals surface area contributed by atoms with Gasteiger partial charge in [-0.2, -0.15) is 0 Å². The van der Waals surface area contributed by atoms with E-state index in [1.165, 1.54) is 29.9 Å². The third kappa shape index (κ3) is 2.60. The zero-order valence-corrected chi connectivity index (χ0v) is 13.6. The number of hydrogen-bond acceptors (Lipinski definition) is 3. The molecule has 0 saturated heterocycles. The van der Waals surface area contributed by atoms with Gasteiger partial charge in [0.2, 0.25) is 0 Å². The summed E-state index contributed by atoms with van der Waals surface area (Å²) in [5.41, 5.74) is 1.30. The Morgan fingerprint density at radius 1 is 0.476 bits per heavy atom. The van der Waals surface area contributed by atoms with Crippen molar-refractivity contribution in [2.75, 3.05) is 0 Å². The highest BCUT2D eigenvalue weighted by Crippen LogP contribution is 2.41. The first-order chi connectivity index (χ1) is 10.4. The van der Waals surface area contributed by atoms with Crippen LogP contribution in [0.1, 0.15) is 0 Å². The van der Waals surface area contributed by atoms with E-state index in [0.717, 1.165) is 0 Å². The average molecular weight is 324 g/mol. The lowest BCUT2D eigenvalue weighted by molar-refractivity contribution is 1.70. The predicted molar refractivity (Wildman–Crippen MR) is 96.4 cm³/mol. The molecule has 4 aromatic rings.